The first kappa shape index (κ1) is 17.9. The van der Waals surface area contributed by atoms with Crippen LogP contribution >= 0.6 is 0 Å². The van der Waals surface area contributed by atoms with Crippen LogP contribution in [0.15, 0.2) is 0 Å². The van der Waals surface area contributed by atoms with Gasteiger partial charge in [0.15, 0.2) is 0 Å². The summed E-state index contributed by atoms with van der Waals surface area (Å²) in [5.41, 5.74) is 0.459. The van der Waals surface area contributed by atoms with Crippen LogP contribution in [0.1, 0.15) is 59.3 Å². The number of nitrogens with one attached hydrogen (secondary N) is 1. The Kier molecular flexibility index (Phi) is 8.08. The van der Waals surface area contributed by atoms with Gasteiger partial charge in [-0.05, 0) is 51.1 Å². The highest BCUT2D eigenvalue weighted by atomic mass is 16.3. The quantitative estimate of drug-likeness (QED) is 0.683. The van der Waals surface area contributed by atoms with Crippen LogP contribution in [0.4, 0.5) is 0 Å². The molecule has 0 aromatic rings. The van der Waals surface area contributed by atoms with Crippen LogP contribution < -0.4 is 5.32 Å². The Balaban J connectivity index is 2.45. The van der Waals surface area contributed by atoms with Crippen molar-refractivity contribution in [2.45, 2.75) is 65.4 Å². The topological polar surface area (TPSA) is 35.5 Å². The van der Waals surface area contributed by atoms with E-state index < -0.39 is 0 Å². The second kappa shape index (κ2) is 9.01. The van der Waals surface area contributed by atoms with Crippen LogP contribution in [-0.2, 0) is 0 Å². The fourth-order valence-corrected chi connectivity index (χ4v) is 3.38. The number of rotatable bonds is 9. The average molecular weight is 284 g/mol. The Morgan fingerprint density at radius 2 is 1.80 bits per heavy atom. The lowest BCUT2D eigenvalue weighted by atomic mass is 9.73. The zero-order valence-corrected chi connectivity index (χ0v) is 14.1. The number of hydrogen-bond acceptors (Lipinski definition) is 3. The van der Waals surface area contributed by atoms with Crippen molar-refractivity contribution in [3.05, 3.63) is 0 Å². The van der Waals surface area contributed by atoms with Gasteiger partial charge in [-0.2, -0.15) is 0 Å². The number of aliphatic hydroxyl groups excluding tert-OH is 1. The molecule has 3 heteroatoms. The van der Waals surface area contributed by atoms with Crippen molar-refractivity contribution in [3.8, 4) is 0 Å². The highest BCUT2D eigenvalue weighted by Gasteiger charge is 2.32. The van der Waals surface area contributed by atoms with E-state index in [2.05, 4.69) is 31.1 Å². The molecule has 0 bridgehead atoms. The Hall–Kier alpha value is -0.120. The highest BCUT2D eigenvalue weighted by molar-refractivity contribution is 4.87. The minimum absolute atomic E-state index is 0.182. The third kappa shape index (κ3) is 7.05. The lowest BCUT2D eigenvalue weighted by Gasteiger charge is -2.41. The molecule has 0 spiro atoms. The van der Waals surface area contributed by atoms with Crippen LogP contribution in [0.3, 0.4) is 0 Å². The molecule has 0 radical (unpaired) electrons. The molecule has 0 heterocycles. The molecule has 0 aliphatic heterocycles. The summed E-state index contributed by atoms with van der Waals surface area (Å²) in [6.07, 6.45) is 7.59. The number of hydrogen-bond donors (Lipinski definition) is 2. The van der Waals surface area contributed by atoms with Gasteiger partial charge in [-0.3, -0.25) is 0 Å². The van der Waals surface area contributed by atoms with Gasteiger partial charge in [0, 0.05) is 19.6 Å². The van der Waals surface area contributed by atoms with Gasteiger partial charge in [0.1, 0.15) is 0 Å². The largest absolute Gasteiger partial charge is 0.393 e. The zero-order valence-electron chi connectivity index (χ0n) is 14.1. The molecule has 3 nitrogen and oxygen atoms in total. The molecule has 1 saturated carbocycles. The molecule has 0 aromatic carbocycles. The molecule has 0 aromatic heterocycles. The number of nitrogens with zero attached hydrogens (tertiary/aromatic N) is 1. The van der Waals surface area contributed by atoms with Gasteiger partial charge >= 0.3 is 0 Å². The predicted molar refractivity (Wildman–Crippen MR) is 87.0 cm³/mol. The minimum atomic E-state index is -0.182. The average Bonchev–Trinajstić information content (AvgIpc) is 2.37. The maximum atomic E-state index is 9.43. The van der Waals surface area contributed by atoms with Crippen molar-refractivity contribution < 1.29 is 5.11 Å². The van der Waals surface area contributed by atoms with Gasteiger partial charge in [0.2, 0.25) is 0 Å². The second-order valence-electron chi connectivity index (χ2n) is 7.46. The monoisotopic (exact) mass is 284 g/mol. The maximum absolute atomic E-state index is 9.43. The first-order chi connectivity index (χ1) is 9.43. The van der Waals surface area contributed by atoms with Gasteiger partial charge in [-0.25, -0.2) is 0 Å². The molecular weight excluding hydrogens is 248 g/mol. The zero-order chi connectivity index (χ0) is 15.0. The Labute approximate surface area is 126 Å². The van der Waals surface area contributed by atoms with Crippen molar-refractivity contribution in [2.24, 2.45) is 11.3 Å². The van der Waals surface area contributed by atoms with Crippen LogP contribution in [-0.4, -0.2) is 49.3 Å². The molecule has 20 heavy (non-hydrogen) atoms. The fraction of sp³-hybridized carbons (Fsp3) is 1.00. The lowest BCUT2D eigenvalue weighted by molar-refractivity contribution is 0.102. The normalized spacial score (nSPS) is 20.6. The molecule has 0 saturated heterocycles. The van der Waals surface area contributed by atoms with Crippen molar-refractivity contribution in [1.82, 2.24) is 10.2 Å². The molecule has 1 unspecified atom stereocenters. The molecule has 1 rings (SSSR count). The second-order valence-corrected chi connectivity index (χ2v) is 7.46. The minimum Gasteiger partial charge on any atom is -0.393 e. The van der Waals surface area contributed by atoms with Gasteiger partial charge in [0.25, 0.3) is 0 Å². The first-order valence-electron chi connectivity index (χ1n) is 8.51. The number of aliphatic hydroxyl groups is 1. The maximum Gasteiger partial charge on any atom is 0.0524 e. The third-order valence-electron chi connectivity index (χ3n) is 4.50. The Bertz CT molecular complexity index is 247. The van der Waals surface area contributed by atoms with Gasteiger partial charge in [-0.1, -0.05) is 33.1 Å². The van der Waals surface area contributed by atoms with Crippen molar-refractivity contribution in [3.63, 3.8) is 0 Å². The van der Waals surface area contributed by atoms with E-state index in [9.17, 15) is 5.11 Å². The summed E-state index contributed by atoms with van der Waals surface area (Å²) in [4.78, 5) is 2.43. The van der Waals surface area contributed by atoms with Gasteiger partial charge in [-0.15, -0.1) is 0 Å². The van der Waals surface area contributed by atoms with E-state index in [4.69, 9.17) is 0 Å². The first-order valence-corrected chi connectivity index (χ1v) is 8.51. The summed E-state index contributed by atoms with van der Waals surface area (Å²) in [7, 11) is 2.21. The molecule has 2 N–H and O–H groups in total. The molecule has 1 aliphatic carbocycles. The SMILES string of the molecule is CC(C)CNCC1(CN(C)CCC(C)O)CCCCC1. The summed E-state index contributed by atoms with van der Waals surface area (Å²) in [5, 5.41) is 13.1. The Morgan fingerprint density at radius 1 is 1.15 bits per heavy atom. The lowest BCUT2D eigenvalue weighted by Crippen LogP contribution is -2.45. The summed E-state index contributed by atoms with van der Waals surface area (Å²) in [6.45, 7) is 10.9. The van der Waals surface area contributed by atoms with E-state index >= 15 is 0 Å². The van der Waals surface area contributed by atoms with Crippen LogP contribution in [0, 0.1) is 11.3 Å². The molecule has 120 valence electrons. The van der Waals surface area contributed by atoms with Crippen molar-refractivity contribution >= 4 is 0 Å². The summed E-state index contributed by atoms with van der Waals surface area (Å²) in [5.74, 6) is 0.726. The summed E-state index contributed by atoms with van der Waals surface area (Å²) >= 11 is 0. The fourth-order valence-electron chi connectivity index (χ4n) is 3.38. The summed E-state index contributed by atoms with van der Waals surface area (Å²) < 4.78 is 0. The smallest absolute Gasteiger partial charge is 0.0524 e. The van der Waals surface area contributed by atoms with E-state index in [1.807, 2.05) is 6.92 Å². The highest BCUT2D eigenvalue weighted by Crippen LogP contribution is 2.36. The predicted octanol–water partition coefficient (Wildman–Crippen LogP) is 2.89. The van der Waals surface area contributed by atoms with E-state index in [1.54, 1.807) is 0 Å². The van der Waals surface area contributed by atoms with E-state index in [0.29, 0.717) is 5.41 Å². The standard InChI is InChI=1S/C17H36N2O/c1-15(2)12-18-13-17(9-6-5-7-10-17)14-19(4)11-8-16(3)20/h15-16,18,20H,5-14H2,1-4H3. The molecule has 1 aliphatic rings. The molecule has 0 amide bonds. The summed E-state index contributed by atoms with van der Waals surface area (Å²) in [6, 6.07) is 0. The van der Waals surface area contributed by atoms with Gasteiger partial charge in [0.05, 0.1) is 6.10 Å². The van der Waals surface area contributed by atoms with Crippen molar-refractivity contribution in [1.29, 1.82) is 0 Å². The molecular formula is C17H36N2O. The van der Waals surface area contributed by atoms with Crippen LogP contribution in [0.5, 0.6) is 0 Å². The molecule has 1 fully saturated rings. The van der Waals surface area contributed by atoms with Crippen LogP contribution in [0.25, 0.3) is 0 Å². The van der Waals surface area contributed by atoms with Gasteiger partial charge < -0.3 is 15.3 Å². The van der Waals surface area contributed by atoms with E-state index in [-0.39, 0.29) is 6.10 Å². The molecule has 1 atom stereocenters. The van der Waals surface area contributed by atoms with E-state index in [0.717, 1.165) is 32.0 Å². The Morgan fingerprint density at radius 3 is 2.35 bits per heavy atom. The van der Waals surface area contributed by atoms with E-state index in [1.165, 1.54) is 38.6 Å². The van der Waals surface area contributed by atoms with Crippen molar-refractivity contribution in [2.75, 3.05) is 33.2 Å². The van der Waals surface area contributed by atoms with Crippen LogP contribution in [0.2, 0.25) is 0 Å². The third-order valence-corrected chi connectivity index (χ3v) is 4.50.